The van der Waals surface area contributed by atoms with Gasteiger partial charge in [0, 0.05) is 12.7 Å². The van der Waals surface area contributed by atoms with Crippen LogP contribution in [0.25, 0.3) is 0 Å². The summed E-state index contributed by atoms with van der Waals surface area (Å²) in [6, 6.07) is -0.959. The number of hydrogen-bond donors (Lipinski definition) is 2. The first-order valence-electron chi connectivity index (χ1n) is 5.45. The maximum atomic E-state index is 11.9. The highest BCUT2D eigenvalue weighted by Crippen LogP contribution is 2.12. The van der Waals surface area contributed by atoms with Crippen LogP contribution < -0.4 is 10.2 Å². The first-order valence-corrected chi connectivity index (χ1v) is 6.27. The van der Waals surface area contributed by atoms with Gasteiger partial charge >= 0.3 is 10.8 Å². The molecule has 7 heteroatoms. The lowest BCUT2D eigenvalue weighted by molar-refractivity contribution is -0.140. The Balaban J connectivity index is 2.98. The molecule has 1 heterocycles. The van der Waals surface area contributed by atoms with Crippen molar-refractivity contribution in [3.8, 4) is 0 Å². The van der Waals surface area contributed by atoms with Crippen LogP contribution in [-0.2, 0) is 11.8 Å². The molecule has 1 amide bonds. The lowest BCUT2D eigenvalue weighted by Crippen LogP contribution is -2.44. The second-order valence-corrected chi connectivity index (χ2v) is 5.34. The van der Waals surface area contributed by atoms with Crippen molar-refractivity contribution in [2.45, 2.75) is 26.8 Å². The predicted octanol–water partition coefficient (Wildman–Crippen LogP) is 0.594. The van der Waals surface area contributed by atoms with E-state index < -0.39 is 17.9 Å². The van der Waals surface area contributed by atoms with Gasteiger partial charge in [-0.15, -0.1) is 0 Å². The molecule has 0 spiro atoms. The summed E-state index contributed by atoms with van der Waals surface area (Å²) in [6.45, 7) is 5.07. The van der Waals surface area contributed by atoms with Crippen LogP contribution in [0.4, 0.5) is 0 Å². The van der Waals surface area contributed by atoms with E-state index in [4.69, 9.17) is 5.11 Å². The molecule has 1 aromatic heterocycles. The van der Waals surface area contributed by atoms with Crippen LogP contribution in [-0.4, -0.2) is 27.6 Å². The van der Waals surface area contributed by atoms with Crippen LogP contribution in [0.3, 0.4) is 0 Å². The van der Waals surface area contributed by atoms with E-state index in [1.807, 2.05) is 0 Å². The van der Waals surface area contributed by atoms with Gasteiger partial charge in [-0.2, -0.15) is 0 Å². The highest BCUT2D eigenvalue weighted by molar-refractivity contribution is 7.11. The number of aliphatic carboxylic acids is 1. The molecule has 0 bridgehead atoms. The maximum Gasteiger partial charge on any atom is 0.326 e. The minimum atomic E-state index is -1.08. The Kier molecular flexibility index (Phi) is 4.28. The third kappa shape index (κ3) is 2.79. The molecular weight excluding hydrogens is 256 g/mol. The molecular formula is C11H16N2O4S. The van der Waals surface area contributed by atoms with Crippen molar-refractivity contribution in [3.63, 3.8) is 0 Å². The molecule has 0 aromatic carbocycles. The van der Waals surface area contributed by atoms with E-state index in [1.54, 1.807) is 27.8 Å². The Bertz CT molecular complexity index is 530. The topological polar surface area (TPSA) is 88.4 Å². The van der Waals surface area contributed by atoms with Crippen LogP contribution >= 0.6 is 11.3 Å². The lowest BCUT2D eigenvalue weighted by Gasteiger charge is -2.17. The summed E-state index contributed by atoms with van der Waals surface area (Å²) in [5.74, 6) is -1.83. The average molecular weight is 272 g/mol. The van der Waals surface area contributed by atoms with E-state index in [0.29, 0.717) is 5.69 Å². The minimum Gasteiger partial charge on any atom is -0.480 e. The van der Waals surface area contributed by atoms with Crippen molar-refractivity contribution in [2.75, 3.05) is 0 Å². The SMILES string of the molecule is Cc1c(C(=O)NC(C(=O)O)C(C)C)sc(=O)n1C. The molecule has 18 heavy (non-hydrogen) atoms. The Morgan fingerprint density at radius 3 is 2.28 bits per heavy atom. The van der Waals surface area contributed by atoms with Crippen LogP contribution in [0.15, 0.2) is 4.79 Å². The zero-order valence-corrected chi connectivity index (χ0v) is 11.5. The third-order valence-corrected chi connectivity index (χ3v) is 3.85. The van der Waals surface area contributed by atoms with Crippen LogP contribution in [0.2, 0.25) is 0 Å². The molecule has 6 nitrogen and oxygen atoms in total. The number of aromatic nitrogens is 1. The van der Waals surface area contributed by atoms with Gasteiger partial charge in [0.1, 0.15) is 10.9 Å². The molecule has 0 saturated heterocycles. The van der Waals surface area contributed by atoms with Crippen molar-refractivity contribution in [1.29, 1.82) is 0 Å². The van der Waals surface area contributed by atoms with Crippen LogP contribution in [0.5, 0.6) is 0 Å². The van der Waals surface area contributed by atoms with Gasteiger partial charge in [-0.05, 0) is 12.8 Å². The molecule has 0 fully saturated rings. The van der Waals surface area contributed by atoms with Crippen LogP contribution in [0, 0.1) is 12.8 Å². The number of nitrogens with one attached hydrogen (secondary N) is 1. The second-order valence-electron chi connectivity index (χ2n) is 4.37. The van der Waals surface area contributed by atoms with E-state index in [1.165, 1.54) is 4.57 Å². The summed E-state index contributed by atoms with van der Waals surface area (Å²) in [4.78, 5) is 34.3. The summed E-state index contributed by atoms with van der Waals surface area (Å²) >= 11 is 0.817. The Morgan fingerprint density at radius 2 is 1.94 bits per heavy atom. The largest absolute Gasteiger partial charge is 0.480 e. The normalized spacial score (nSPS) is 12.5. The van der Waals surface area contributed by atoms with Crippen molar-refractivity contribution >= 4 is 23.2 Å². The number of thiazole rings is 1. The van der Waals surface area contributed by atoms with E-state index in [-0.39, 0.29) is 15.7 Å². The van der Waals surface area contributed by atoms with Crippen molar-refractivity contribution in [3.05, 3.63) is 20.2 Å². The van der Waals surface area contributed by atoms with Gasteiger partial charge in [0.25, 0.3) is 5.91 Å². The molecule has 100 valence electrons. The van der Waals surface area contributed by atoms with Gasteiger partial charge < -0.3 is 15.0 Å². The van der Waals surface area contributed by atoms with E-state index >= 15 is 0 Å². The van der Waals surface area contributed by atoms with Gasteiger partial charge in [-0.1, -0.05) is 25.2 Å². The molecule has 0 aliphatic carbocycles. The number of carbonyl (C=O) groups is 2. The molecule has 0 radical (unpaired) electrons. The fourth-order valence-electron chi connectivity index (χ4n) is 1.45. The molecule has 1 unspecified atom stereocenters. The molecule has 0 aliphatic rings. The molecule has 1 atom stereocenters. The highest BCUT2D eigenvalue weighted by Gasteiger charge is 2.26. The van der Waals surface area contributed by atoms with E-state index in [0.717, 1.165) is 11.3 Å². The van der Waals surface area contributed by atoms with Gasteiger partial charge in [0.05, 0.1) is 0 Å². The number of carboxylic acids is 1. The summed E-state index contributed by atoms with van der Waals surface area (Å²) in [6.07, 6.45) is 0. The van der Waals surface area contributed by atoms with Crippen molar-refractivity contribution < 1.29 is 14.7 Å². The summed E-state index contributed by atoms with van der Waals surface area (Å²) in [5, 5.41) is 11.4. The summed E-state index contributed by atoms with van der Waals surface area (Å²) < 4.78 is 1.37. The smallest absolute Gasteiger partial charge is 0.326 e. The number of hydrogen-bond acceptors (Lipinski definition) is 4. The predicted molar refractivity (Wildman–Crippen MR) is 68.0 cm³/mol. The number of carboxylic acid groups (broad SMARTS) is 1. The first-order chi connectivity index (χ1) is 8.25. The lowest BCUT2D eigenvalue weighted by atomic mass is 10.0. The fourth-order valence-corrected chi connectivity index (χ4v) is 2.33. The zero-order valence-electron chi connectivity index (χ0n) is 10.7. The number of amides is 1. The quantitative estimate of drug-likeness (QED) is 0.839. The van der Waals surface area contributed by atoms with Crippen molar-refractivity contribution in [2.24, 2.45) is 13.0 Å². The van der Waals surface area contributed by atoms with Crippen LogP contribution in [0.1, 0.15) is 29.2 Å². The van der Waals surface area contributed by atoms with Gasteiger partial charge in [0.2, 0.25) is 0 Å². The molecule has 1 rings (SSSR count). The van der Waals surface area contributed by atoms with E-state index in [9.17, 15) is 14.4 Å². The van der Waals surface area contributed by atoms with E-state index in [2.05, 4.69) is 5.32 Å². The Morgan fingerprint density at radius 1 is 1.39 bits per heavy atom. The van der Waals surface area contributed by atoms with Gasteiger partial charge in [0.15, 0.2) is 0 Å². The molecule has 2 N–H and O–H groups in total. The van der Waals surface area contributed by atoms with Gasteiger partial charge in [-0.25, -0.2) is 4.79 Å². The molecule has 0 saturated carbocycles. The molecule has 1 aromatic rings. The minimum absolute atomic E-state index is 0.229. The number of nitrogens with zero attached hydrogens (tertiary/aromatic N) is 1. The highest BCUT2D eigenvalue weighted by atomic mass is 32.1. The summed E-state index contributed by atoms with van der Waals surface area (Å²) in [5.41, 5.74) is 0.537. The second kappa shape index (κ2) is 5.34. The third-order valence-electron chi connectivity index (χ3n) is 2.72. The summed E-state index contributed by atoms with van der Waals surface area (Å²) in [7, 11) is 1.57. The fraction of sp³-hybridized carbons (Fsp3) is 0.545. The number of rotatable bonds is 4. The van der Waals surface area contributed by atoms with Crippen molar-refractivity contribution in [1.82, 2.24) is 9.88 Å². The Labute approximate surface area is 108 Å². The van der Waals surface area contributed by atoms with Gasteiger partial charge in [-0.3, -0.25) is 9.59 Å². The standard InChI is InChI=1S/C11H16N2O4S/c1-5(2)7(10(15)16)12-9(14)8-6(3)13(4)11(17)18-8/h5,7H,1-4H3,(H,12,14)(H,15,16). The molecule has 0 aliphatic heterocycles. The zero-order chi connectivity index (χ0) is 14.0. The Hall–Kier alpha value is -1.63. The monoisotopic (exact) mass is 272 g/mol. The first kappa shape index (κ1) is 14.4. The maximum absolute atomic E-state index is 11.9. The average Bonchev–Trinajstić information content (AvgIpc) is 2.52. The number of carbonyl (C=O) groups excluding carboxylic acids is 1.